The van der Waals surface area contributed by atoms with Gasteiger partial charge in [-0.3, -0.25) is 4.98 Å². The summed E-state index contributed by atoms with van der Waals surface area (Å²) < 4.78 is 0. The maximum atomic E-state index is 4.67. The predicted octanol–water partition coefficient (Wildman–Crippen LogP) is 3.19. The summed E-state index contributed by atoms with van der Waals surface area (Å²) in [4.78, 5) is 13.4. The Labute approximate surface area is 114 Å². The lowest BCUT2D eigenvalue weighted by Gasteiger charge is -2.18. The number of nitrogens with one attached hydrogen (secondary N) is 1. The van der Waals surface area contributed by atoms with Crippen molar-refractivity contribution in [2.45, 2.75) is 33.1 Å². The Morgan fingerprint density at radius 1 is 1.05 bits per heavy atom. The maximum absolute atomic E-state index is 4.67. The lowest BCUT2D eigenvalue weighted by Crippen LogP contribution is -2.17. The molecule has 0 aliphatic rings. The summed E-state index contributed by atoms with van der Waals surface area (Å²) in [6, 6.07) is 4.03. The second-order valence-electron chi connectivity index (χ2n) is 5.71. The minimum absolute atomic E-state index is 0.0845. The van der Waals surface area contributed by atoms with Gasteiger partial charge in [0.2, 0.25) is 0 Å². The molecule has 1 N–H and O–H groups in total. The highest BCUT2D eigenvalue weighted by Gasteiger charge is 2.19. The van der Waals surface area contributed by atoms with Gasteiger partial charge >= 0.3 is 0 Å². The molecule has 4 heteroatoms. The van der Waals surface area contributed by atoms with Crippen molar-refractivity contribution in [1.82, 2.24) is 15.0 Å². The van der Waals surface area contributed by atoms with Gasteiger partial charge in [-0.1, -0.05) is 20.8 Å². The molecule has 0 spiro atoms. The molecule has 0 aliphatic carbocycles. The van der Waals surface area contributed by atoms with E-state index in [1.807, 2.05) is 32.4 Å². The van der Waals surface area contributed by atoms with E-state index < -0.39 is 0 Å². The second kappa shape index (κ2) is 4.96. The van der Waals surface area contributed by atoms with Crippen molar-refractivity contribution in [2.24, 2.45) is 0 Å². The van der Waals surface area contributed by atoms with Gasteiger partial charge in [0.05, 0.1) is 5.69 Å². The number of aromatic nitrogens is 3. The maximum Gasteiger partial charge on any atom is 0.136 e. The molecule has 0 unspecified atom stereocenters. The average molecular weight is 256 g/mol. The average Bonchev–Trinajstić information content (AvgIpc) is 2.37. The SMILES string of the molecule is CNc1cc(-c2cncc(C)c2)nc(C(C)(C)C)n1. The summed E-state index contributed by atoms with van der Waals surface area (Å²) in [7, 11) is 1.87. The molecule has 0 saturated carbocycles. The van der Waals surface area contributed by atoms with Gasteiger partial charge in [-0.05, 0) is 18.6 Å². The first-order chi connectivity index (χ1) is 8.90. The largest absolute Gasteiger partial charge is 0.373 e. The number of aryl methyl sites for hydroxylation is 1. The Bertz CT molecular complexity index is 585. The number of anilines is 1. The molecular formula is C15H20N4. The highest BCUT2D eigenvalue weighted by molar-refractivity contribution is 5.62. The summed E-state index contributed by atoms with van der Waals surface area (Å²) in [5.41, 5.74) is 2.96. The zero-order chi connectivity index (χ0) is 14.0. The summed E-state index contributed by atoms with van der Waals surface area (Å²) in [6.45, 7) is 8.36. The number of hydrogen-bond acceptors (Lipinski definition) is 4. The molecule has 0 aromatic carbocycles. The Morgan fingerprint density at radius 2 is 1.79 bits per heavy atom. The van der Waals surface area contributed by atoms with Crippen molar-refractivity contribution >= 4 is 5.82 Å². The Balaban J connectivity index is 2.57. The fourth-order valence-electron chi connectivity index (χ4n) is 1.75. The van der Waals surface area contributed by atoms with Crippen LogP contribution in [0.1, 0.15) is 32.2 Å². The van der Waals surface area contributed by atoms with E-state index in [9.17, 15) is 0 Å². The van der Waals surface area contributed by atoms with Gasteiger partial charge in [0.1, 0.15) is 11.6 Å². The van der Waals surface area contributed by atoms with Crippen LogP contribution in [0.3, 0.4) is 0 Å². The van der Waals surface area contributed by atoms with Crippen molar-refractivity contribution in [3.8, 4) is 11.3 Å². The Kier molecular flexibility index (Phi) is 3.51. The van der Waals surface area contributed by atoms with Crippen LogP contribution in [-0.4, -0.2) is 22.0 Å². The standard InChI is InChI=1S/C15H20N4/c1-10-6-11(9-17-8-10)12-7-13(16-5)19-14(18-12)15(2,3)4/h6-9H,1-5H3,(H,16,18,19). The molecule has 0 aliphatic heterocycles. The molecule has 4 nitrogen and oxygen atoms in total. The van der Waals surface area contributed by atoms with Gasteiger partial charge in [0, 0.05) is 36.5 Å². The highest BCUT2D eigenvalue weighted by Crippen LogP contribution is 2.25. The zero-order valence-corrected chi connectivity index (χ0v) is 12.2. The van der Waals surface area contributed by atoms with E-state index in [1.54, 1.807) is 0 Å². The molecule has 2 aromatic heterocycles. The third-order valence-corrected chi connectivity index (χ3v) is 2.82. The lowest BCUT2D eigenvalue weighted by molar-refractivity contribution is 0.547. The first kappa shape index (κ1) is 13.5. The van der Waals surface area contributed by atoms with E-state index in [-0.39, 0.29) is 5.41 Å². The van der Waals surface area contributed by atoms with Gasteiger partial charge in [-0.2, -0.15) is 0 Å². The van der Waals surface area contributed by atoms with Crippen LogP contribution in [0.4, 0.5) is 5.82 Å². The minimum Gasteiger partial charge on any atom is -0.373 e. The first-order valence-corrected chi connectivity index (χ1v) is 6.39. The molecule has 0 fully saturated rings. The van der Waals surface area contributed by atoms with Gasteiger partial charge in [-0.15, -0.1) is 0 Å². The molecule has 0 saturated heterocycles. The smallest absolute Gasteiger partial charge is 0.136 e. The predicted molar refractivity (Wildman–Crippen MR) is 78.2 cm³/mol. The molecule has 100 valence electrons. The topological polar surface area (TPSA) is 50.7 Å². The monoisotopic (exact) mass is 256 g/mol. The summed E-state index contributed by atoms with van der Waals surface area (Å²) in [6.07, 6.45) is 3.68. The number of hydrogen-bond donors (Lipinski definition) is 1. The van der Waals surface area contributed by atoms with Crippen LogP contribution in [0.5, 0.6) is 0 Å². The third kappa shape index (κ3) is 3.08. The van der Waals surface area contributed by atoms with Crippen LogP contribution >= 0.6 is 0 Å². The number of pyridine rings is 1. The summed E-state index contributed by atoms with van der Waals surface area (Å²) in [5.74, 6) is 1.66. The Hall–Kier alpha value is -1.97. The zero-order valence-electron chi connectivity index (χ0n) is 12.2. The van der Waals surface area contributed by atoms with Gasteiger partial charge < -0.3 is 5.32 Å². The second-order valence-corrected chi connectivity index (χ2v) is 5.71. The van der Waals surface area contributed by atoms with Crippen molar-refractivity contribution < 1.29 is 0 Å². The van der Waals surface area contributed by atoms with E-state index in [2.05, 4.69) is 47.1 Å². The normalized spacial score (nSPS) is 11.4. The molecule has 0 atom stereocenters. The van der Waals surface area contributed by atoms with Gasteiger partial charge in [-0.25, -0.2) is 9.97 Å². The van der Waals surface area contributed by atoms with Crippen LogP contribution in [0.2, 0.25) is 0 Å². The van der Waals surface area contributed by atoms with Crippen molar-refractivity contribution in [3.05, 3.63) is 35.9 Å². The van der Waals surface area contributed by atoms with Crippen LogP contribution < -0.4 is 5.32 Å². The molecule has 0 bridgehead atoms. The molecule has 2 rings (SSSR count). The van der Waals surface area contributed by atoms with Crippen LogP contribution in [0.15, 0.2) is 24.5 Å². The van der Waals surface area contributed by atoms with Gasteiger partial charge in [0.25, 0.3) is 0 Å². The van der Waals surface area contributed by atoms with Crippen LogP contribution in [0, 0.1) is 6.92 Å². The fraction of sp³-hybridized carbons (Fsp3) is 0.400. The van der Waals surface area contributed by atoms with Crippen molar-refractivity contribution in [3.63, 3.8) is 0 Å². The van der Waals surface area contributed by atoms with Crippen molar-refractivity contribution in [2.75, 3.05) is 12.4 Å². The van der Waals surface area contributed by atoms with Crippen molar-refractivity contribution in [1.29, 1.82) is 0 Å². The molecule has 2 heterocycles. The molecule has 0 amide bonds. The van der Waals surface area contributed by atoms with E-state index >= 15 is 0 Å². The molecule has 19 heavy (non-hydrogen) atoms. The van der Waals surface area contributed by atoms with E-state index in [0.717, 1.165) is 28.5 Å². The van der Waals surface area contributed by atoms with Gasteiger partial charge in [0.15, 0.2) is 0 Å². The van der Waals surface area contributed by atoms with E-state index in [1.165, 1.54) is 0 Å². The van der Waals surface area contributed by atoms with E-state index in [0.29, 0.717) is 0 Å². The quantitative estimate of drug-likeness (QED) is 0.896. The minimum atomic E-state index is -0.0845. The Morgan fingerprint density at radius 3 is 2.37 bits per heavy atom. The third-order valence-electron chi connectivity index (χ3n) is 2.82. The molecule has 0 radical (unpaired) electrons. The molecular weight excluding hydrogens is 236 g/mol. The first-order valence-electron chi connectivity index (χ1n) is 6.39. The summed E-state index contributed by atoms with van der Waals surface area (Å²) >= 11 is 0. The summed E-state index contributed by atoms with van der Waals surface area (Å²) in [5, 5.41) is 3.09. The highest BCUT2D eigenvalue weighted by atomic mass is 15.0. The van der Waals surface area contributed by atoms with E-state index in [4.69, 9.17) is 0 Å². The fourth-order valence-corrected chi connectivity index (χ4v) is 1.75. The van der Waals surface area contributed by atoms with Crippen LogP contribution in [0.25, 0.3) is 11.3 Å². The number of nitrogens with zero attached hydrogens (tertiary/aromatic N) is 3. The lowest BCUT2D eigenvalue weighted by atomic mass is 9.95. The number of rotatable bonds is 2. The molecule has 2 aromatic rings. The van der Waals surface area contributed by atoms with Crippen LogP contribution in [-0.2, 0) is 5.41 Å².